The number of rotatable bonds is 7. The van der Waals surface area contributed by atoms with Crippen LogP contribution in [0.25, 0.3) is 10.6 Å². The molecule has 0 saturated heterocycles. The van der Waals surface area contributed by atoms with E-state index in [1.54, 1.807) is 6.20 Å². The van der Waals surface area contributed by atoms with Gasteiger partial charge in [0.05, 0.1) is 12.3 Å². The first-order valence-electron chi connectivity index (χ1n) is 8.34. The highest BCUT2D eigenvalue weighted by molar-refractivity contribution is 7.16. The van der Waals surface area contributed by atoms with Gasteiger partial charge in [-0.05, 0) is 56.6 Å². The van der Waals surface area contributed by atoms with E-state index in [2.05, 4.69) is 4.98 Å². The Labute approximate surface area is 152 Å². The van der Waals surface area contributed by atoms with Gasteiger partial charge in [-0.2, -0.15) is 0 Å². The SMILES string of the molecule is CC(C)Oc1cccc(-c2ncc(Oc3ccc(CCN)cc3)s2)c1. The van der Waals surface area contributed by atoms with E-state index in [1.807, 2.05) is 62.4 Å². The molecule has 0 aliphatic heterocycles. The summed E-state index contributed by atoms with van der Waals surface area (Å²) in [6.07, 6.45) is 2.77. The zero-order valence-electron chi connectivity index (χ0n) is 14.4. The van der Waals surface area contributed by atoms with Crippen LogP contribution in [-0.2, 0) is 6.42 Å². The van der Waals surface area contributed by atoms with Gasteiger partial charge in [0.15, 0.2) is 0 Å². The van der Waals surface area contributed by atoms with Crippen LogP contribution in [-0.4, -0.2) is 17.6 Å². The second-order valence-electron chi connectivity index (χ2n) is 5.96. The van der Waals surface area contributed by atoms with E-state index < -0.39 is 0 Å². The number of hydrogen-bond acceptors (Lipinski definition) is 5. The summed E-state index contributed by atoms with van der Waals surface area (Å²) in [5.41, 5.74) is 7.80. The first kappa shape index (κ1) is 17.5. The van der Waals surface area contributed by atoms with Gasteiger partial charge in [0.25, 0.3) is 0 Å². The van der Waals surface area contributed by atoms with Crippen LogP contribution >= 0.6 is 11.3 Å². The Bertz CT molecular complexity index is 813. The van der Waals surface area contributed by atoms with Crippen LogP contribution in [0, 0.1) is 0 Å². The molecule has 2 N–H and O–H groups in total. The lowest BCUT2D eigenvalue weighted by atomic mass is 10.1. The molecule has 4 nitrogen and oxygen atoms in total. The third-order valence-corrected chi connectivity index (χ3v) is 4.44. The minimum atomic E-state index is 0.146. The van der Waals surface area contributed by atoms with Crippen molar-refractivity contribution in [3.8, 4) is 27.1 Å². The lowest BCUT2D eigenvalue weighted by molar-refractivity contribution is 0.242. The van der Waals surface area contributed by atoms with E-state index in [1.165, 1.54) is 16.9 Å². The summed E-state index contributed by atoms with van der Waals surface area (Å²) in [6.45, 7) is 4.68. The van der Waals surface area contributed by atoms with Crippen LogP contribution in [0.5, 0.6) is 16.6 Å². The molecule has 0 fully saturated rings. The average Bonchev–Trinajstić information content (AvgIpc) is 3.05. The van der Waals surface area contributed by atoms with Crippen LogP contribution in [0.4, 0.5) is 0 Å². The fraction of sp³-hybridized carbons (Fsp3) is 0.250. The second kappa shape index (κ2) is 8.14. The topological polar surface area (TPSA) is 57.4 Å². The maximum absolute atomic E-state index is 5.90. The van der Waals surface area contributed by atoms with Crippen molar-refractivity contribution in [1.29, 1.82) is 0 Å². The smallest absolute Gasteiger partial charge is 0.201 e. The molecule has 1 aromatic heterocycles. The Morgan fingerprint density at radius 1 is 1.08 bits per heavy atom. The van der Waals surface area contributed by atoms with Crippen molar-refractivity contribution >= 4 is 11.3 Å². The van der Waals surface area contributed by atoms with Crippen molar-refractivity contribution in [3.63, 3.8) is 0 Å². The quantitative estimate of drug-likeness (QED) is 0.656. The van der Waals surface area contributed by atoms with Gasteiger partial charge in [0, 0.05) is 5.56 Å². The van der Waals surface area contributed by atoms with Crippen molar-refractivity contribution in [3.05, 3.63) is 60.3 Å². The van der Waals surface area contributed by atoms with Gasteiger partial charge in [-0.25, -0.2) is 4.98 Å². The molecule has 0 bridgehead atoms. The van der Waals surface area contributed by atoms with E-state index in [-0.39, 0.29) is 6.10 Å². The van der Waals surface area contributed by atoms with E-state index in [4.69, 9.17) is 15.2 Å². The number of benzene rings is 2. The number of hydrogen-bond donors (Lipinski definition) is 1. The number of thiazole rings is 1. The zero-order chi connectivity index (χ0) is 17.6. The molecule has 0 amide bonds. The molecule has 0 radical (unpaired) electrons. The van der Waals surface area contributed by atoms with E-state index >= 15 is 0 Å². The maximum atomic E-state index is 5.90. The molecular formula is C20H22N2O2S. The van der Waals surface area contributed by atoms with Crippen molar-refractivity contribution < 1.29 is 9.47 Å². The molecule has 25 heavy (non-hydrogen) atoms. The molecule has 0 saturated carbocycles. The van der Waals surface area contributed by atoms with Crippen LogP contribution in [0.15, 0.2) is 54.7 Å². The molecule has 5 heteroatoms. The first-order valence-corrected chi connectivity index (χ1v) is 9.15. The van der Waals surface area contributed by atoms with Crippen LogP contribution < -0.4 is 15.2 Å². The van der Waals surface area contributed by atoms with E-state index in [9.17, 15) is 0 Å². The lowest BCUT2D eigenvalue weighted by Gasteiger charge is -2.09. The molecular weight excluding hydrogens is 332 g/mol. The predicted molar refractivity (Wildman–Crippen MR) is 103 cm³/mol. The Kier molecular flexibility index (Phi) is 5.68. The fourth-order valence-electron chi connectivity index (χ4n) is 2.42. The molecule has 0 atom stereocenters. The Hall–Kier alpha value is -2.37. The molecule has 3 aromatic rings. The third-order valence-electron chi connectivity index (χ3n) is 3.51. The summed E-state index contributed by atoms with van der Waals surface area (Å²) in [4.78, 5) is 4.47. The molecule has 1 heterocycles. The van der Waals surface area contributed by atoms with Gasteiger partial charge in [-0.3, -0.25) is 0 Å². The molecule has 0 unspecified atom stereocenters. The third kappa shape index (κ3) is 4.81. The summed E-state index contributed by atoms with van der Waals surface area (Å²) in [5.74, 6) is 1.65. The van der Waals surface area contributed by atoms with Crippen molar-refractivity contribution in [2.75, 3.05) is 6.54 Å². The highest BCUT2D eigenvalue weighted by Gasteiger charge is 2.08. The largest absolute Gasteiger partial charge is 0.491 e. The van der Waals surface area contributed by atoms with Crippen molar-refractivity contribution in [1.82, 2.24) is 4.98 Å². The second-order valence-corrected chi connectivity index (χ2v) is 6.96. The normalized spacial score (nSPS) is 10.9. The van der Waals surface area contributed by atoms with Crippen molar-refractivity contribution in [2.24, 2.45) is 5.73 Å². The van der Waals surface area contributed by atoms with Crippen LogP contribution in [0.1, 0.15) is 19.4 Å². The standard InChI is InChI=1S/C20H22N2O2S/c1-14(2)23-18-5-3-4-16(12-18)20-22-13-19(25-20)24-17-8-6-15(7-9-17)10-11-21/h3-9,12-14H,10-11,21H2,1-2H3. The molecule has 0 aliphatic rings. The van der Waals surface area contributed by atoms with E-state index in [0.717, 1.165) is 33.6 Å². The molecule has 2 aromatic carbocycles. The number of ether oxygens (including phenoxy) is 2. The monoisotopic (exact) mass is 354 g/mol. The highest BCUT2D eigenvalue weighted by atomic mass is 32.1. The van der Waals surface area contributed by atoms with Gasteiger partial charge in [-0.15, -0.1) is 0 Å². The maximum Gasteiger partial charge on any atom is 0.201 e. The number of aromatic nitrogens is 1. The summed E-state index contributed by atoms with van der Waals surface area (Å²) in [6, 6.07) is 16.0. The summed E-state index contributed by atoms with van der Waals surface area (Å²) < 4.78 is 11.6. The summed E-state index contributed by atoms with van der Waals surface area (Å²) >= 11 is 1.51. The Morgan fingerprint density at radius 2 is 1.88 bits per heavy atom. The first-order chi connectivity index (χ1) is 12.1. The molecule has 0 spiro atoms. The Balaban J connectivity index is 1.72. The lowest BCUT2D eigenvalue weighted by Crippen LogP contribution is -2.05. The number of nitrogens with two attached hydrogens (primary N) is 1. The highest BCUT2D eigenvalue weighted by Crippen LogP contribution is 2.34. The number of nitrogens with zero attached hydrogens (tertiary/aromatic N) is 1. The fourth-order valence-corrected chi connectivity index (χ4v) is 3.21. The minimum Gasteiger partial charge on any atom is -0.491 e. The van der Waals surface area contributed by atoms with E-state index in [0.29, 0.717) is 6.54 Å². The summed E-state index contributed by atoms with van der Waals surface area (Å²) in [7, 11) is 0. The predicted octanol–water partition coefficient (Wildman–Crippen LogP) is 4.89. The van der Waals surface area contributed by atoms with Gasteiger partial charge < -0.3 is 15.2 Å². The van der Waals surface area contributed by atoms with Crippen LogP contribution in [0.3, 0.4) is 0 Å². The average molecular weight is 354 g/mol. The minimum absolute atomic E-state index is 0.146. The van der Waals surface area contributed by atoms with Gasteiger partial charge >= 0.3 is 0 Å². The zero-order valence-corrected chi connectivity index (χ0v) is 15.3. The van der Waals surface area contributed by atoms with Gasteiger partial charge in [0.1, 0.15) is 16.5 Å². The molecule has 3 rings (SSSR count). The Morgan fingerprint density at radius 3 is 2.60 bits per heavy atom. The van der Waals surface area contributed by atoms with Gasteiger partial charge in [-0.1, -0.05) is 35.6 Å². The van der Waals surface area contributed by atoms with Crippen LogP contribution in [0.2, 0.25) is 0 Å². The summed E-state index contributed by atoms with van der Waals surface area (Å²) in [5, 5.41) is 1.67. The van der Waals surface area contributed by atoms with Crippen molar-refractivity contribution in [2.45, 2.75) is 26.4 Å². The molecule has 0 aliphatic carbocycles. The molecule has 130 valence electrons. The van der Waals surface area contributed by atoms with Gasteiger partial charge in [0.2, 0.25) is 5.06 Å².